The van der Waals surface area contributed by atoms with Crippen molar-refractivity contribution in [1.29, 1.82) is 0 Å². The fourth-order valence-electron chi connectivity index (χ4n) is 4.08. The molecular weight excluding hydrogens is 356 g/mol. The average molecular weight is 380 g/mol. The molecule has 3 heterocycles. The number of fused-ring (bicyclic) bond motifs is 5. The van der Waals surface area contributed by atoms with Gasteiger partial charge in [-0.15, -0.1) is 0 Å². The summed E-state index contributed by atoms with van der Waals surface area (Å²) in [6, 6.07) is 16.7. The van der Waals surface area contributed by atoms with Crippen LogP contribution in [0.4, 0.5) is 0 Å². The Hall–Kier alpha value is -3.20. The molecule has 0 bridgehead atoms. The van der Waals surface area contributed by atoms with E-state index in [-0.39, 0.29) is 5.41 Å². The number of pyridine rings is 2. The Morgan fingerprint density at radius 1 is 0.862 bits per heavy atom. The van der Waals surface area contributed by atoms with Gasteiger partial charge < -0.3 is 4.42 Å². The summed E-state index contributed by atoms with van der Waals surface area (Å²) in [7, 11) is 0. The molecule has 3 nitrogen and oxygen atoms in total. The second-order valence-electron chi connectivity index (χ2n) is 9.03. The number of nitrogens with zero attached hydrogens (tertiary/aromatic N) is 2. The Morgan fingerprint density at radius 2 is 1.66 bits per heavy atom. The van der Waals surface area contributed by atoms with Gasteiger partial charge >= 0.3 is 0 Å². The normalized spacial score (nSPS) is 12.3. The highest BCUT2D eigenvalue weighted by molar-refractivity contribution is 6.16. The third kappa shape index (κ3) is 3.07. The monoisotopic (exact) mass is 380 g/mol. The van der Waals surface area contributed by atoms with Crippen molar-refractivity contribution in [3.63, 3.8) is 0 Å². The molecular formula is C26H24N2O. The Balaban J connectivity index is 1.76. The molecule has 0 amide bonds. The van der Waals surface area contributed by atoms with Crippen LogP contribution in [0.3, 0.4) is 0 Å². The zero-order chi connectivity index (χ0) is 20.2. The SMILES string of the molecule is Cc1cnc(-c2cccc3c2oc2c4cccnc4ccc32)cc1CC(C)(C)C. The van der Waals surface area contributed by atoms with Crippen molar-refractivity contribution in [3.8, 4) is 11.3 Å². The number of para-hydroxylation sites is 1. The van der Waals surface area contributed by atoms with E-state index in [1.807, 2.05) is 18.5 Å². The van der Waals surface area contributed by atoms with Crippen molar-refractivity contribution in [3.05, 3.63) is 72.1 Å². The summed E-state index contributed by atoms with van der Waals surface area (Å²) in [5.41, 5.74) is 7.51. The van der Waals surface area contributed by atoms with Crippen LogP contribution in [0.1, 0.15) is 31.9 Å². The third-order valence-corrected chi connectivity index (χ3v) is 5.46. The van der Waals surface area contributed by atoms with Crippen LogP contribution in [0, 0.1) is 12.3 Å². The van der Waals surface area contributed by atoms with E-state index in [1.165, 1.54) is 11.1 Å². The highest BCUT2D eigenvalue weighted by Gasteiger charge is 2.17. The highest BCUT2D eigenvalue weighted by Crippen LogP contribution is 2.38. The molecule has 0 radical (unpaired) electrons. The standard InChI is InChI=1S/C26H24N2O/c1-16-15-28-23(13-17(16)14-26(2,3)4)21-8-5-7-18-19-10-11-22-20(9-6-12-27-22)25(19)29-24(18)21/h5-13,15H,14H2,1-4H3. The van der Waals surface area contributed by atoms with Crippen LogP contribution in [-0.2, 0) is 6.42 Å². The Bertz CT molecular complexity index is 1370. The summed E-state index contributed by atoms with van der Waals surface area (Å²) >= 11 is 0. The predicted octanol–water partition coefficient (Wildman–Crippen LogP) is 7.09. The van der Waals surface area contributed by atoms with Gasteiger partial charge in [0, 0.05) is 34.1 Å². The summed E-state index contributed by atoms with van der Waals surface area (Å²) in [4.78, 5) is 9.21. The van der Waals surface area contributed by atoms with E-state index in [2.05, 4.69) is 75.1 Å². The molecule has 0 saturated carbocycles. The minimum absolute atomic E-state index is 0.223. The van der Waals surface area contributed by atoms with Crippen LogP contribution in [-0.4, -0.2) is 9.97 Å². The number of benzene rings is 2. The van der Waals surface area contributed by atoms with Crippen LogP contribution >= 0.6 is 0 Å². The molecule has 0 aliphatic rings. The molecule has 0 aliphatic heterocycles. The molecule has 29 heavy (non-hydrogen) atoms. The molecule has 5 rings (SSSR count). The number of aromatic nitrogens is 2. The van der Waals surface area contributed by atoms with Crippen LogP contribution < -0.4 is 0 Å². The van der Waals surface area contributed by atoms with Crippen LogP contribution in [0.15, 0.2) is 65.3 Å². The van der Waals surface area contributed by atoms with E-state index < -0.39 is 0 Å². The maximum absolute atomic E-state index is 6.44. The first kappa shape index (κ1) is 17.9. The minimum Gasteiger partial charge on any atom is -0.455 e. The first-order valence-corrected chi connectivity index (χ1v) is 10.1. The van der Waals surface area contributed by atoms with Crippen molar-refractivity contribution in [2.24, 2.45) is 5.41 Å². The lowest BCUT2D eigenvalue weighted by Gasteiger charge is -2.20. The Morgan fingerprint density at radius 3 is 2.48 bits per heavy atom. The first-order valence-electron chi connectivity index (χ1n) is 10.1. The summed E-state index contributed by atoms with van der Waals surface area (Å²) in [5.74, 6) is 0. The second kappa shape index (κ2) is 6.41. The highest BCUT2D eigenvalue weighted by atomic mass is 16.3. The summed E-state index contributed by atoms with van der Waals surface area (Å²) in [5, 5.41) is 3.27. The fourth-order valence-corrected chi connectivity index (χ4v) is 4.08. The lowest BCUT2D eigenvalue weighted by atomic mass is 9.86. The molecule has 5 aromatic rings. The van der Waals surface area contributed by atoms with E-state index in [0.29, 0.717) is 0 Å². The van der Waals surface area contributed by atoms with Gasteiger partial charge in [-0.25, -0.2) is 0 Å². The Kier molecular flexibility index (Phi) is 3.95. The maximum Gasteiger partial charge on any atom is 0.144 e. The fraction of sp³-hybridized carbons (Fsp3) is 0.231. The van der Waals surface area contributed by atoms with Gasteiger partial charge in [-0.1, -0.05) is 32.9 Å². The second-order valence-corrected chi connectivity index (χ2v) is 9.03. The van der Waals surface area contributed by atoms with Crippen LogP contribution in [0.2, 0.25) is 0 Å². The lowest BCUT2D eigenvalue weighted by Crippen LogP contribution is -2.10. The van der Waals surface area contributed by atoms with Gasteiger partial charge in [-0.3, -0.25) is 9.97 Å². The molecule has 0 N–H and O–H groups in total. The zero-order valence-electron chi connectivity index (χ0n) is 17.3. The van der Waals surface area contributed by atoms with Gasteiger partial charge in [-0.05, 0) is 66.3 Å². The van der Waals surface area contributed by atoms with Gasteiger partial charge in [0.05, 0.1) is 11.2 Å². The van der Waals surface area contributed by atoms with E-state index >= 15 is 0 Å². The average Bonchev–Trinajstić information content (AvgIpc) is 3.08. The maximum atomic E-state index is 6.44. The van der Waals surface area contributed by atoms with Crippen LogP contribution in [0.25, 0.3) is 44.1 Å². The Labute approximate surface area is 170 Å². The molecule has 2 aromatic carbocycles. The van der Waals surface area contributed by atoms with Gasteiger partial charge in [0.2, 0.25) is 0 Å². The molecule has 3 heteroatoms. The van der Waals surface area contributed by atoms with E-state index in [4.69, 9.17) is 9.40 Å². The quantitative estimate of drug-likeness (QED) is 0.328. The van der Waals surface area contributed by atoms with Crippen molar-refractivity contribution >= 4 is 32.8 Å². The van der Waals surface area contributed by atoms with E-state index in [1.54, 1.807) is 0 Å². The van der Waals surface area contributed by atoms with Crippen molar-refractivity contribution in [2.75, 3.05) is 0 Å². The minimum atomic E-state index is 0.223. The zero-order valence-corrected chi connectivity index (χ0v) is 17.3. The van der Waals surface area contributed by atoms with Crippen molar-refractivity contribution in [2.45, 2.75) is 34.1 Å². The summed E-state index contributed by atoms with van der Waals surface area (Å²) in [6.45, 7) is 8.95. The molecule has 0 atom stereocenters. The molecule has 0 saturated heterocycles. The van der Waals surface area contributed by atoms with Gasteiger partial charge in [0.25, 0.3) is 0 Å². The van der Waals surface area contributed by atoms with Crippen molar-refractivity contribution < 1.29 is 4.42 Å². The first-order chi connectivity index (χ1) is 13.9. The molecule has 0 fully saturated rings. The molecule has 0 spiro atoms. The summed E-state index contributed by atoms with van der Waals surface area (Å²) < 4.78 is 6.44. The molecule has 3 aromatic heterocycles. The molecule has 144 valence electrons. The number of hydrogen-bond donors (Lipinski definition) is 0. The predicted molar refractivity (Wildman–Crippen MR) is 120 cm³/mol. The third-order valence-electron chi connectivity index (χ3n) is 5.46. The van der Waals surface area contributed by atoms with Gasteiger partial charge in [0.1, 0.15) is 11.2 Å². The van der Waals surface area contributed by atoms with Crippen molar-refractivity contribution in [1.82, 2.24) is 9.97 Å². The number of rotatable bonds is 2. The van der Waals surface area contributed by atoms with E-state index in [0.717, 1.165) is 50.5 Å². The van der Waals surface area contributed by atoms with Gasteiger partial charge in [-0.2, -0.15) is 0 Å². The van der Waals surface area contributed by atoms with Crippen LogP contribution in [0.5, 0.6) is 0 Å². The molecule has 0 aliphatic carbocycles. The number of aryl methyl sites for hydroxylation is 1. The largest absolute Gasteiger partial charge is 0.455 e. The number of hydrogen-bond acceptors (Lipinski definition) is 3. The lowest BCUT2D eigenvalue weighted by molar-refractivity contribution is 0.410. The smallest absolute Gasteiger partial charge is 0.144 e. The van der Waals surface area contributed by atoms with E-state index in [9.17, 15) is 0 Å². The van der Waals surface area contributed by atoms with Gasteiger partial charge in [0.15, 0.2) is 0 Å². The topological polar surface area (TPSA) is 38.9 Å². The molecule has 0 unspecified atom stereocenters. The number of furan rings is 1. The summed E-state index contributed by atoms with van der Waals surface area (Å²) in [6.07, 6.45) is 4.81.